The topological polar surface area (TPSA) is 105 Å². The van der Waals surface area contributed by atoms with Crippen LogP contribution in [0.15, 0.2) is 24.4 Å². The first-order valence-corrected chi connectivity index (χ1v) is 8.04. The summed E-state index contributed by atoms with van der Waals surface area (Å²) in [4.78, 5) is 33.3. The van der Waals surface area contributed by atoms with Crippen molar-refractivity contribution in [3.05, 3.63) is 35.7 Å². The minimum atomic E-state index is -1.04. The minimum absolute atomic E-state index is 0.0247. The highest BCUT2D eigenvalue weighted by atomic mass is 16.5. The summed E-state index contributed by atoms with van der Waals surface area (Å²) < 4.78 is 5.22. The van der Waals surface area contributed by atoms with E-state index in [1.807, 2.05) is 13.8 Å². The van der Waals surface area contributed by atoms with Crippen LogP contribution in [0.25, 0.3) is 0 Å². The lowest BCUT2D eigenvalue weighted by Gasteiger charge is -2.21. The zero-order valence-corrected chi connectivity index (χ0v) is 15.4. The Bertz CT molecular complexity index is 836. The Morgan fingerprint density at radius 3 is 2.54 bits per heavy atom. The van der Waals surface area contributed by atoms with Crippen LogP contribution in [0.5, 0.6) is 5.75 Å². The number of anilines is 3. The van der Waals surface area contributed by atoms with E-state index < -0.39 is 5.97 Å². The maximum absolute atomic E-state index is 12.1. The van der Waals surface area contributed by atoms with E-state index in [0.717, 1.165) is 0 Å². The number of carboxylic acids is 1. The number of aryl methyl sites for hydroxylation is 1. The lowest BCUT2D eigenvalue weighted by atomic mass is 10.2. The first-order chi connectivity index (χ1) is 12.2. The summed E-state index contributed by atoms with van der Waals surface area (Å²) >= 11 is 0. The third-order valence-electron chi connectivity index (χ3n) is 3.83. The van der Waals surface area contributed by atoms with Gasteiger partial charge in [-0.3, -0.25) is 4.79 Å². The van der Waals surface area contributed by atoms with Gasteiger partial charge in [0, 0.05) is 13.0 Å². The first kappa shape index (κ1) is 19.2. The number of rotatable bonds is 6. The van der Waals surface area contributed by atoms with Gasteiger partial charge in [-0.25, -0.2) is 14.8 Å². The van der Waals surface area contributed by atoms with Gasteiger partial charge in [-0.05, 0) is 25.1 Å². The monoisotopic (exact) mass is 358 g/mol. The SMILES string of the molecule is COc1cc(C(=O)O)ccc1Nc1ncc(N(C)C(=O)C(C)C)c(C)n1. The van der Waals surface area contributed by atoms with Gasteiger partial charge in [-0.1, -0.05) is 13.8 Å². The molecular weight excluding hydrogens is 336 g/mol. The van der Waals surface area contributed by atoms with E-state index in [-0.39, 0.29) is 17.4 Å². The molecule has 1 aromatic carbocycles. The van der Waals surface area contributed by atoms with Gasteiger partial charge in [0.25, 0.3) is 0 Å². The molecule has 1 heterocycles. The molecule has 1 amide bonds. The van der Waals surface area contributed by atoms with Crippen molar-refractivity contribution in [1.82, 2.24) is 9.97 Å². The van der Waals surface area contributed by atoms with Crippen LogP contribution in [0, 0.1) is 12.8 Å². The molecule has 0 saturated heterocycles. The highest BCUT2D eigenvalue weighted by Gasteiger charge is 2.18. The average Bonchev–Trinajstić information content (AvgIpc) is 2.60. The minimum Gasteiger partial charge on any atom is -0.495 e. The second kappa shape index (κ2) is 7.81. The molecule has 138 valence electrons. The van der Waals surface area contributed by atoms with E-state index in [1.54, 1.807) is 26.2 Å². The number of nitrogens with one attached hydrogen (secondary N) is 1. The van der Waals surface area contributed by atoms with Crippen LogP contribution in [0.1, 0.15) is 29.9 Å². The number of aromatic nitrogens is 2. The van der Waals surface area contributed by atoms with Gasteiger partial charge in [0.2, 0.25) is 11.9 Å². The van der Waals surface area contributed by atoms with Gasteiger partial charge in [0.1, 0.15) is 5.75 Å². The molecule has 1 aromatic heterocycles. The van der Waals surface area contributed by atoms with Gasteiger partial charge in [-0.15, -0.1) is 0 Å². The number of methoxy groups -OCH3 is 1. The zero-order chi connectivity index (χ0) is 19.4. The van der Waals surface area contributed by atoms with Crippen LogP contribution in [0.3, 0.4) is 0 Å². The lowest BCUT2D eigenvalue weighted by Crippen LogP contribution is -2.31. The highest BCUT2D eigenvalue weighted by Crippen LogP contribution is 2.28. The van der Waals surface area contributed by atoms with Crippen molar-refractivity contribution >= 4 is 29.2 Å². The molecule has 0 fully saturated rings. The van der Waals surface area contributed by atoms with Gasteiger partial charge in [0.15, 0.2) is 0 Å². The summed E-state index contributed by atoms with van der Waals surface area (Å²) in [5, 5.41) is 12.1. The van der Waals surface area contributed by atoms with Crippen molar-refractivity contribution in [3.8, 4) is 5.75 Å². The molecule has 0 saturated carbocycles. The average molecular weight is 358 g/mol. The van der Waals surface area contributed by atoms with Crippen LogP contribution >= 0.6 is 0 Å². The summed E-state index contributed by atoms with van der Waals surface area (Å²) in [5.41, 5.74) is 1.92. The quantitative estimate of drug-likeness (QED) is 0.818. The number of hydrogen-bond acceptors (Lipinski definition) is 6. The molecule has 2 aromatic rings. The number of aromatic carboxylic acids is 1. The molecule has 0 atom stereocenters. The largest absolute Gasteiger partial charge is 0.495 e. The molecule has 0 aliphatic heterocycles. The molecule has 8 nitrogen and oxygen atoms in total. The van der Waals surface area contributed by atoms with Crippen molar-refractivity contribution in [3.63, 3.8) is 0 Å². The Hall–Kier alpha value is -3.16. The number of benzene rings is 1. The van der Waals surface area contributed by atoms with Crippen molar-refractivity contribution in [1.29, 1.82) is 0 Å². The Morgan fingerprint density at radius 2 is 2.00 bits per heavy atom. The molecule has 0 spiro atoms. The lowest BCUT2D eigenvalue weighted by molar-refractivity contribution is -0.121. The maximum Gasteiger partial charge on any atom is 0.335 e. The summed E-state index contributed by atoms with van der Waals surface area (Å²) in [6, 6.07) is 4.47. The van der Waals surface area contributed by atoms with E-state index in [4.69, 9.17) is 9.84 Å². The third kappa shape index (κ3) is 4.08. The Kier molecular flexibility index (Phi) is 5.76. The fraction of sp³-hybridized carbons (Fsp3) is 0.333. The van der Waals surface area contributed by atoms with E-state index in [2.05, 4.69) is 15.3 Å². The normalized spacial score (nSPS) is 10.5. The van der Waals surface area contributed by atoms with Gasteiger partial charge >= 0.3 is 5.97 Å². The molecule has 0 bridgehead atoms. The number of amides is 1. The number of ether oxygens (including phenoxy) is 1. The number of carbonyl (C=O) groups excluding carboxylic acids is 1. The molecule has 2 N–H and O–H groups in total. The van der Waals surface area contributed by atoms with Crippen molar-refractivity contribution in [2.75, 3.05) is 24.4 Å². The molecule has 8 heteroatoms. The highest BCUT2D eigenvalue weighted by molar-refractivity contribution is 5.94. The Balaban J connectivity index is 2.28. The molecule has 26 heavy (non-hydrogen) atoms. The molecule has 0 radical (unpaired) electrons. The van der Waals surface area contributed by atoms with Crippen LogP contribution in [-0.4, -0.2) is 41.1 Å². The van der Waals surface area contributed by atoms with Crippen LogP contribution < -0.4 is 15.0 Å². The molecular formula is C18H22N4O4. The van der Waals surface area contributed by atoms with Gasteiger partial charge in [0.05, 0.1) is 35.9 Å². The standard InChI is InChI=1S/C18H22N4O4/c1-10(2)16(23)22(4)14-9-19-18(20-11(14)3)21-13-7-6-12(17(24)25)8-15(13)26-5/h6-10H,1-5H3,(H,24,25)(H,19,20,21). The molecule has 0 unspecified atom stereocenters. The van der Waals surface area contributed by atoms with Gasteiger partial charge in [-0.2, -0.15) is 0 Å². The fourth-order valence-corrected chi connectivity index (χ4v) is 2.40. The Labute approximate surface area is 151 Å². The van der Waals surface area contributed by atoms with E-state index in [0.29, 0.717) is 28.8 Å². The summed E-state index contributed by atoms with van der Waals surface area (Å²) in [7, 11) is 3.14. The fourth-order valence-electron chi connectivity index (χ4n) is 2.40. The Morgan fingerprint density at radius 1 is 1.31 bits per heavy atom. The van der Waals surface area contributed by atoms with Crippen LogP contribution in [0.4, 0.5) is 17.3 Å². The zero-order valence-electron chi connectivity index (χ0n) is 15.4. The summed E-state index contributed by atoms with van der Waals surface area (Å²) in [6.07, 6.45) is 1.57. The van der Waals surface area contributed by atoms with E-state index in [9.17, 15) is 9.59 Å². The van der Waals surface area contributed by atoms with E-state index in [1.165, 1.54) is 24.1 Å². The number of carboxylic acid groups (broad SMARTS) is 1. The second-order valence-corrected chi connectivity index (χ2v) is 6.06. The molecule has 2 rings (SSSR count). The van der Waals surface area contributed by atoms with Gasteiger partial charge < -0.3 is 20.1 Å². The molecule has 0 aliphatic rings. The smallest absolute Gasteiger partial charge is 0.335 e. The second-order valence-electron chi connectivity index (χ2n) is 6.06. The van der Waals surface area contributed by atoms with Crippen molar-refractivity contribution in [2.45, 2.75) is 20.8 Å². The maximum atomic E-state index is 12.1. The molecule has 0 aliphatic carbocycles. The number of hydrogen-bond donors (Lipinski definition) is 2. The predicted octanol–water partition coefficient (Wildman–Crippen LogP) is 2.85. The summed E-state index contributed by atoms with van der Waals surface area (Å²) in [6.45, 7) is 5.45. The van der Waals surface area contributed by atoms with Crippen molar-refractivity contribution < 1.29 is 19.4 Å². The van der Waals surface area contributed by atoms with Crippen molar-refractivity contribution in [2.24, 2.45) is 5.92 Å². The summed E-state index contributed by atoms with van der Waals surface area (Å²) in [5.74, 6) is -0.512. The number of nitrogens with zero attached hydrogens (tertiary/aromatic N) is 3. The number of carbonyl (C=O) groups is 2. The van der Waals surface area contributed by atoms with E-state index >= 15 is 0 Å². The van der Waals surface area contributed by atoms with Crippen LogP contribution in [0.2, 0.25) is 0 Å². The third-order valence-corrected chi connectivity index (χ3v) is 3.83. The predicted molar refractivity (Wildman–Crippen MR) is 98.3 cm³/mol. The van der Waals surface area contributed by atoms with Crippen LogP contribution in [-0.2, 0) is 4.79 Å². The first-order valence-electron chi connectivity index (χ1n) is 8.04.